The Hall–Kier alpha value is -1.81. The first kappa shape index (κ1) is 11.7. The summed E-state index contributed by atoms with van der Waals surface area (Å²) in [6, 6.07) is 7.05. The Bertz CT molecular complexity index is 589. The van der Waals surface area contributed by atoms with Gasteiger partial charge in [-0.05, 0) is 38.1 Å². The first-order valence-corrected chi connectivity index (χ1v) is 5.50. The van der Waals surface area contributed by atoms with Crippen molar-refractivity contribution in [3.8, 4) is 5.69 Å². The van der Waals surface area contributed by atoms with Gasteiger partial charge >= 0.3 is 0 Å². The van der Waals surface area contributed by atoms with Gasteiger partial charge in [0.25, 0.3) is 0 Å². The molecule has 0 fully saturated rings. The highest BCUT2D eigenvalue weighted by molar-refractivity contribution is 6.33. The van der Waals surface area contributed by atoms with Crippen LogP contribution in [0.4, 0.5) is 0 Å². The minimum absolute atomic E-state index is 0.303. The largest absolute Gasteiger partial charge is 0.366 e. The minimum Gasteiger partial charge on any atom is -0.366 e. The number of amides is 1. The molecule has 88 valence electrons. The first-order chi connectivity index (χ1) is 7.99. The number of nitrogens with zero attached hydrogens (tertiary/aromatic N) is 2. The summed E-state index contributed by atoms with van der Waals surface area (Å²) in [6.45, 7) is 3.85. The number of primary amides is 1. The summed E-state index contributed by atoms with van der Waals surface area (Å²) in [6.07, 6.45) is 0. The van der Waals surface area contributed by atoms with Gasteiger partial charge < -0.3 is 5.73 Å². The van der Waals surface area contributed by atoms with E-state index in [4.69, 9.17) is 17.3 Å². The number of carbonyl (C=O) groups is 1. The van der Waals surface area contributed by atoms with Crippen LogP contribution in [0.15, 0.2) is 24.3 Å². The molecule has 0 atom stereocenters. The summed E-state index contributed by atoms with van der Waals surface area (Å²) in [7, 11) is 0. The van der Waals surface area contributed by atoms with Crippen LogP contribution in [0.3, 0.4) is 0 Å². The van der Waals surface area contributed by atoms with Gasteiger partial charge in [-0.3, -0.25) is 4.79 Å². The Morgan fingerprint density at radius 2 is 2.06 bits per heavy atom. The number of aryl methyl sites for hydroxylation is 2. The second-order valence-electron chi connectivity index (χ2n) is 3.87. The van der Waals surface area contributed by atoms with Crippen molar-refractivity contribution in [2.75, 3.05) is 0 Å². The molecule has 2 N–H and O–H groups in total. The SMILES string of the molecule is Cc1cc(C)n(-c2ccc(Cl)c(C(N)=O)c2)n1. The van der Waals surface area contributed by atoms with Crippen LogP contribution in [0.1, 0.15) is 21.7 Å². The van der Waals surface area contributed by atoms with Gasteiger partial charge in [0.2, 0.25) is 5.91 Å². The molecule has 0 saturated heterocycles. The van der Waals surface area contributed by atoms with Crippen molar-refractivity contribution in [2.24, 2.45) is 5.73 Å². The summed E-state index contributed by atoms with van der Waals surface area (Å²) < 4.78 is 1.75. The van der Waals surface area contributed by atoms with Crippen molar-refractivity contribution in [1.29, 1.82) is 0 Å². The zero-order valence-electron chi connectivity index (χ0n) is 9.57. The van der Waals surface area contributed by atoms with Gasteiger partial charge in [0, 0.05) is 5.69 Å². The highest BCUT2D eigenvalue weighted by Crippen LogP contribution is 2.20. The van der Waals surface area contributed by atoms with E-state index in [0.717, 1.165) is 17.1 Å². The van der Waals surface area contributed by atoms with E-state index >= 15 is 0 Å². The molecule has 1 aromatic carbocycles. The summed E-state index contributed by atoms with van der Waals surface area (Å²) >= 11 is 5.89. The normalized spacial score (nSPS) is 10.5. The van der Waals surface area contributed by atoms with Crippen molar-refractivity contribution in [3.63, 3.8) is 0 Å². The van der Waals surface area contributed by atoms with Gasteiger partial charge in [0.1, 0.15) is 0 Å². The van der Waals surface area contributed by atoms with Crippen LogP contribution in [0.5, 0.6) is 0 Å². The second-order valence-corrected chi connectivity index (χ2v) is 4.27. The average Bonchev–Trinajstić information content (AvgIpc) is 2.58. The lowest BCUT2D eigenvalue weighted by molar-refractivity contribution is 0.100. The lowest BCUT2D eigenvalue weighted by Crippen LogP contribution is -2.12. The van der Waals surface area contributed by atoms with Crippen LogP contribution < -0.4 is 5.73 Å². The monoisotopic (exact) mass is 249 g/mol. The van der Waals surface area contributed by atoms with Crippen molar-refractivity contribution < 1.29 is 4.79 Å². The molecule has 2 rings (SSSR count). The van der Waals surface area contributed by atoms with E-state index in [2.05, 4.69) is 5.10 Å². The Morgan fingerprint density at radius 3 is 2.59 bits per heavy atom. The molecular formula is C12H12ClN3O. The first-order valence-electron chi connectivity index (χ1n) is 5.12. The van der Waals surface area contributed by atoms with Crippen LogP contribution in [-0.4, -0.2) is 15.7 Å². The van der Waals surface area contributed by atoms with Crippen molar-refractivity contribution in [2.45, 2.75) is 13.8 Å². The van der Waals surface area contributed by atoms with Crippen molar-refractivity contribution in [1.82, 2.24) is 9.78 Å². The fourth-order valence-corrected chi connectivity index (χ4v) is 1.93. The molecule has 0 radical (unpaired) electrons. The van der Waals surface area contributed by atoms with Crippen molar-refractivity contribution in [3.05, 3.63) is 46.2 Å². The number of rotatable bonds is 2. The molecule has 0 unspecified atom stereocenters. The second kappa shape index (κ2) is 4.22. The van der Waals surface area contributed by atoms with Gasteiger partial charge in [-0.1, -0.05) is 11.6 Å². The quantitative estimate of drug-likeness (QED) is 0.887. The maximum atomic E-state index is 11.2. The highest BCUT2D eigenvalue weighted by Gasteiger charge is 2.10. The van der Waals surface area contributed by atoms with Crippen LogP contribution in [-0.2, 0) is 0 Å². The summed E-state index contributed by atoms with van der Waals surface area (Å²) in [4.78, 5) is 11.2. The Balaban J connectivity index is 2.57. The lowest BCUT2D eigenvalue weighted by atomic mass is 10.2. The molecule has 0 bridgehead atoms. The average molecular weight is 250 g/mol. The molecule has 1 aromatic heterocycles. The number of hydrogen-bond donors (Lipinski definition) is 1. The number of nitrogens with two attached hydrogens (primary N) is 1. The number of hydrogen-bond acceptors (Lipinski definition) is 2. The third-order valence-electron chi connectivity index (χ3n) is 2.47. The third-order valence-corrected chi connectivity index (χ3v) is 2.80. The number of halogens is 1. The van der Waals surface area contributed by atoms with Gasteiger partial charge in [-0.25, -0.2) is 4.68 Å². The smallest absolute Gasteiger partial charge is 0.250 e. The van der Waals surface area contributed by atoms with Crippen molar-refractivity contribution >= 4 is 17.5 Å². The Labute approximate surface area is 104 Å². The molecule has 2 aromatic rings. The summed E-state index contributed by atoms with van der Waals surface area (Å²) in [5.41, 5.74) is 8.23. The molecule has 0 aliphatic heterocycles. The molecule has 0 aliphatic rings. The van der Waals surface area contributed by atoms with Gasteiger partial charge in [-0.15, -0.1) is 0 Å². The molecule has 0 aliphatic carbocycles. The van der Waals surface area contributed by atoms with Crippen LogP contribution in [0.2, 0.25) is 5.02 Å². The fraction of sp³-hybridized carbons (Fsp3) is 0.167. The van der Waals surface area contributed by atoms with Crippen LogP contribution in [0.25, 0.3) is 5.69 Å². The zero-order chi connectivity index (χ0) is 12.6. The van der Waals surface area contributed by atoms with E-state index in [0.29, 0.717) is 10.6 Å². The fourth-order valence-electron chi connectivity index (χ4n) is 1.72. The molecule has 17 heavy (non-hydrogen) atoms. The molecular weight excluding hydrogens is 238 g/mol. The molecule has 0 saturated carbocycles. The number of benzene rings is 1. The summed E-state index contributed by atoms with van der Waals surface area (Å²) in [5.74, 6) is -0.543. The van der Waals surface area contributed by atoms with Gasteiger partial charge in [0.15, 0.2) is 0 Å². The highest BCUT2D eigenvalue weighted by atomic mass is 35.5. The Kier molecular flexibility index (Phi) is 2.90. The van der Waals surface area contributed by atoms with E-state index in [1.165, 1.54) is 0 Å². The number of aromatic nitrogens is 2. The van der Waals surface area contributed by atoms with Gasteiger partial charge in [0.05, 0.1) is 22.0 Å². The topological polar surface area (TPSA) is 60.9 Å². The minimum atomic E-state index is -0.543. The van der Waals surface area contributed by atoms with E-state index in [9.17, 15) is 4.79 Å². The van der Waals surface area contributed by atoms with Gasteiger partial charge in [-0.2, -0.15) is 5.10 Å². The standard InChI is InChI=1S/C12H12ClN3O/c1-7-5-8(2)16(15-7)9-3-4-11(13)10(6-9)12(14)17/h3-6H,1-2H3,(H2,14,17). The molecule has 1 heterocycles. The zero-order valence-corrected chi connectivity index (χ0v) is 10.3. The van der Waals surface area contributed by atoms with E-state index in [-0.39, 0.29) is 0 Å². The molecule has 1 amide bonds. The predicted octanol–water partition coefficient (Wildman–Crippen LogP) is 2.24. The molecule has 0 spiro atoms. The third kappa shape index (κ3) is 2.17. The van der Waals surface area contributed by atoms with Crippen LogP contribution in [0, 0.1) is 13.8 Å². The molecule has 5 heteroatoms. The molecule has 4 nitrogen and oxygen atoms in total. The lowest BCUT2D eigenvalue weighted by Gasteiger charge is -2.07. The van der Waals surface area contributed by atoms with E-state index < -0.39 is 5.91 Å². The maximum absolute atomic E-state index is 11.2. The van der Waals surface area contributed by atoms with Crippen LogP contribution >= 0.6 is 11.6 Å². The predicted molar refractivity (Wildman–Crippen MR) is 66.6 cm³/mol. The van der Waals surface area contributed by atoms with E-state index in [1.807, 2.05) is 19.9 Å². The maximum Gasteiger partial charge on any atom is 0.250 e. The Morgan fingerprint density at radius 1 is 1.35 bits per heavy atom. The number of carbonyl (C=O) groups excluding carboxylic acids is 1. The van der Waals surface area contributed by atoms with E-state index in [1.54, 1.807) is 22.9 Å². The summed E-state index contributed by atoms with van der Waals surface area (Å²) in [5, 5.41) is 4.68.